The summed E-state index contributed by atoms with van der Waals surface area (Å²) >= 11 is 0. The first kappa shape index (κ1) is 17.8. The minimum Gasteiger partial charge on any atom is -0.444 e. The number of allylic oxidation sites excluding steroid dienone is 1. The van der Waals surface area contributed by atoms with Crippen molar-refractivity contribution in [2.45, 2.75) is 45.8 Å². The van der Waals surface area contributed by atoms with Gasteiger partial charge in [0.15, 0.2) is 0 Å². The van der Waals surface area contributed by atoms with Gasteiger partial charge in [0.05, 0.1) is 0 Å². The Balaban J connectivity index is 2.77. The molecule has 0 unspecified atom stereocenters. The second kappa shape index (κ2) is 8.22. The third-order valence-electron chi connectivity index (χ3n) is 2.68. The lowest BCUT2D eigenvalue weighted by atomic mass is 10.1. The number of carbonyl (C=O) groups excluding carboxylic acids is 2. The minimum absolute atomic E-state index is 0.284. The molecule has 0 radical (unpaired) electrons. The lowest BCUT2D eigenvalue weighted by Crippen LogP contribution is -2.48. The summed E-state index contributed by atoms with van der Waals surface area (Å²) in [6.07, 6.45) is 3.04. The van der Waals surface area contributed by atoms with Crippen LogP contribution in [0.15, 0.2) is 42.6 Å². The van der Waals surface area contributed by atoms with Crippen molar-refractivity contribution in [1.82, 2.24) is 10.6 Å². The van der Waals surface area contributed by atoms with Crippen LogP contribution in [0, 0.1) is 0 Å². The number of ether oxygens (including phenoxy) is 1. The number of nitrogens with one attached hydrogen (secondary N) is 2. The fourth-order valence-corrected chi connectivity index (χ4v) is 1.77. The number of carbonyl (C=O) groups is 2. The van der Waals surface area contributed by atoms with Gasteiger partial charge < -0.3 is 15.4 Å². The molecule has 0 aromatic heterocycles. The van der Waals surface area contributed by atoms with Crippen LogP contribution in [0.5, 0.6) is 0 Å². The highest BCUT2D eigenvalue weighted by atomic mass is 16.6. The quantitative estimate of drug-likeness (QED) is 0.879. The zero-order valence-electron chi connectivity index (χ0n) is 13.6. The van der Waals surface area contributed by atoms with Gasteiger partial charge in [-0.15, -0.1) is 0 Å². The first-order valence-corrected chi connectivity index (χ1v) is 7.27. The van der Waals surface area contributed by atoms with Crippen LogP contribution in [0.4, 0.5) is 4.79 Å². The molecule has 2 N–H and O–H groups in total. The number of hydrogen-bond acceptors (Lipinski definition) is 3. The van der Waals surface area contributed by atoms with Crippen LogP contribution >= 0.6 is 0 Å². The maximum atomic E-state index is 12.2. The van der Waals surface area contributed by atoms with Crippen LogP contribution in [0.1, 0.15) is 33.3 Å². The van der Waals surface area contributed by atoms with E-state index in [1.54, 1.807) is 33.8 Å². The van der Waals surface area contributed by atoms with Crippen molar-refractivity contribution in [3.05, 3.63) is 48.2 Å². The standard InChI is InChI=1S/C17H24N2O3/c1-5-11-18-15(20)14(12-13-9-7-6-8-10-13)19-16(21)22-17(2,3)4/h5-11,14H,12H2,1-4H3,(H,18,20)(H,19,21)/b11-5+/t14-/m0/s1. The lowest BCUT2D eigenvalue weighted by molar-refractivity contribution is -0.122. The topological polar surface area (TPSA) is 67.4 Å². The van der Waals surface area contributed by atoms with Gasteiger partial charge in [-0.25, -0.2) is 4.79 Å². The second-order valence-electron chi connectivity index (χ2n) is 5.90. The van der Waals surface area contributed by atoms with Gasteiger partial charge in [0.1, 0.15) is 11.6 Å². The summed E-state index contributed by atoms with van der Waals surface area (Å²) in [6.45, 7) is 7.13. The van der Waals surface area contributed by atoms with Crippen LogP contribution in [0.25, 0.3) is 0 Å². The summed E-state index contributed by atoms with van der Waals surface area (Å²) in [4.78, 5) is 24.1. The number of alkyl carbamates (subject to hydrolysis) is 1. The van der Waals surface area contributed by atoms with E-state index in [-0.39, 0.29) is 5.91 Å². The molecule has 5 nitrogen and oxygen atoms in total. The smallest absolute Gasteiger partial charge is 0.408 e. The Bertz CT molecular complexity index is 518. The monoisotopic (exact) mass is 304 g/mol. The molecule has 0 aliphatic heterocycles. The van der Waals surface area contributed by atoms with E-state index in [1.807, 2.05) is 30.3 Å². The van der Waals surface area contributed by atoms with E-state index in [1.165, 1.54) is 6.20 Å². The molecule has 0 heterocycles. The van der Waals surface area contributed by atoms with Gasteiger partial charge >= 0.3 is 6.09 Å². The van der Waals surface area contributed by atoms with Crippen LogP contribution < -0.4 is 10.6 Å². The molecule has 0 saturated carbocycles. The SMILES string of the molecule is C/C=C/NC(=O)[C@H](Cc1ccccc1)NC(=O)OC(C)(C)C. The van der Waals surface area contributed by atoms with Crippen LogP contribution in [-0.2, 0) is 16.0 Å². The van der Waals surface area contributed by atoms with Crippen molar-refractivity contribution in [1.29, 1.82) is 0 Å². The van der Waals surface area contributed by atoms with Crippen molar-refractivity contribution in [2.75, 3.05) is 0 Å². The molecule has 1 atom stereocenters. The van der Waals surface area contributed by atoms with Crippen LogP contribution in [0.2, 0.25) is 0 Å². The molecule has 1 aromatic carbocycles. The number of hydrogen-bond donors (Lipinski definition) is 2. The van der Waals surface area contributed by atoms with E-state index in [9.17, 15) is 9.59 Å². The average Bonchev–Trinajstić information content (AvgIpc) is 2.43. The van der Waals surface area contributed by atoms with Gasteiger partial charge in [-0.1, -0.05) is 36.4 Å². The van der Waals surface area contributed by atoms with E-state index < -0.39 is 17.7 Å². The zero-order valence-corrected chi connectivity index (χ0v) is 13.6. The molecule has 2 amide bonds. The van der Waals surface area contributed by atoms with E-state index in [0.29, 0.717) is 6.42 Å². The van der Waals surface area contributed by atoms with Gasteiger partial charge in [-0.3, -0.25) is 4.79 Å². The molecule has 5 heteroatoms. The summed E-state index contributed by atoms with van der Waals surface area (Å²) in [7, 11) is 0. The summed E-state index contributed by atoms with van der Waals surface area (Å²) in [6, 6.07) is 8.81. The molecule has 1 rings (SSSR count). The Morgan fingerprint density at radius 2 is 1.86 bits per heavy atom. The first-order valence-electron chi connectivity index (χ1n) is 7.27. The molecule has 0 bridgehead atoms. The molecule has 0 aliphatic carbocycles. The van der Waals surface area contributed by atoms with Gasteiger partial charge in [0, 0.05) is 6.42 Å². The number of amides is 2. The Morgan fingerprint density at radius 1 is 1.23 bits per heavy atom. The van der Waals surface area contributed by atoms with Crippen molar-refractivity contribution in [3.63, 3.8) is 0 Å². The highest BCUT2D eigenvalue weighted by Gasteiger charge is 2.24. The van der Waals surface area contributed by atoms with Crippen molar-refractivity contribution >= 4 is 12.0 Å². The highest BCUT2D eigenvalue weighted by Crippen LogP contribution is 2.08. The maximum Gasteiger partial charge on any atom is 0.408 e. The van der Waals surface area contributed by atoms with Gasteiger partial charge in [0.25, 0.3) is 0 Å². The third kappa shape index (κ3) is 6.92. The number of benzene rings is 1. The van der Waals surface area contributed by atoms with Crippen molar-refractivity contribution in [2.24, 2.45) is 0 Å². The third-order valence-corrected chi connectivity index (χ3v) is 2.68. The van der Waals surface area contributed by atoms with E-state index in [4.69, 9.17) is 4.74 Å². The largest absolute Gasteiger partial charge is 0.444 e. The Labute approximate surface area is 131 Å². The lowest BCUT2D eigenvalue weighted by Gasteiger charge is -2.23. The summed E-state index contributed by atoms with van der Waals surface area (Å²) in [5.74, 6) is -0.284. The van der Waals surface area contributed by atoms with Crippen LogP contribution in [0.3, 0.4) is 0 Å². The Kier molecular flexibility index (Phi) is 6.63. The fourth-order valence-electron chi connectivity index (χ4n) is 1.77. The molecular formula is C17H24N2O3. The summed E-state index contributed by atoms with van der Waals surface area (Å²) < 4.78 is 5.21. The molecular weight excluding hydrogens is 280 g/mol. The van der Waals surface area contributed by atoms with Crippen molar-refractivity contribution < 1.29 is 14.3 Å². The van der Waals surface area contributed by atoms with Gasteiger partial charge in [-0.05, 0) is 39.5 Å². The number of rotatable bonds is 5. The molecule has 0 aliphatic rings. The fraction of sp³-hybridized carbons (Fsp3) is 0.412. The highest BCUT2D eigenvalue weighted by molar-refractivity contribution is 5.86. The van der Waals surface area contributed by atoms with Gasteiger partial charge in [0.2, 0.25) is 5.91 Å². The first-order chi connectivity index (χ1) is 10.3. The summed E-state index contributed by atoms with van der Waals surface area (Å²) in [5.41, 5.74) is 0.348. The Hall–Kier alpha value is -2.30. The molecule has 0 fully saturated rings. The predicted molar refractivity (Wildman–Crippen MR) is 86.3 cm³/mol. The molecule has 22 heavy (non-hydrogen) atoms. The van der Waals surface area contributed by atoms with Crippen LogP contribution in [-0.4, -0.2) is 23.6 Å². The van der Waals surface area contributed by atoms with E-state index in [0.717, 1.165) is 5.56 Å². The average molecular weight is 304 g/mol. The molecule has 0 saturated heterocycles. The second-order valence-corrected chi connectivity index (χ2v) is 5.90. The van der Waals surface area contributed by atoms with Crippen molar-refractivity contribution in [3.8, 4) is 0 Å². The van der Waals surface area contributed by atoms with Gasteiger partial charge in [-0.2, -0.15) is 0 Å². The van der Waals surface area contributed by atoms with E-state index >= 15 is 0 Å². The van der Waals surface area contributed by atoms with E-state index in [2.05, 4.69) is 10.6 Å². The predicted octanol–water partition coefficient (Wildman–Crippen LogP) is 2.77. The minimum atomic E-state index is -0.701. The normalized spacial score (nSPS) is 12.7. The molecule has 120 valence electrons. The summed E-state index contributed by atoms with van der Waals surface area (Å²) in [5, 5.41) is 5.25. The zero-order chi connectivity index (χ0) is 16.6. The Morgan fingerprint density at radius 3 is 2.41 bits per heavy atom. The molecule has 0 spiro atoms. The maximum absolute atomic E-state index is 12.2. The molecule has 1 aromatic rings.